The maximum absolute atomic E-state index is 12.7. The Hall–Kier alpha value is -1.88. The van der Waals surface area contributed by atoms with Gasteiger partial charge in [-0.05, 0) is 71.7 Å². The predicted octanol–water partition coefficient (Wildman–Crippen LogP) is 3.28. The van der Waals surface area contributed by atoms with E-state index in [1.807, 2.05) is 38.1 Å². The molecule has 1 aliphatic rings. The van der Waals surface area contributed by atoms with Crippen LogP contribution < -0.4 is 14.9 Å². The third kappa shape index (κ3) is 8.72. The van der Waals surface area contributed by atoms with E-state index in [1.165, 1.54) is 0 Å². The highest BCUT2D eigenvalue weighted by molar-refractivity contribution is 7.90. The van der Waals surface area contributed by atoms with E-state index in [-0.39, 0.29) is 12.1 Å². The van der Waals surface area contributed by atoms with Crippen LogP contribution in [0.2, 0.25) is 0 Å². The van der Waals surface area contributed by atoms with Crippen molar-refractivity contribution < 1.29 is 22.7 Å². The number of hydrogen-bond donors (Lipinski definition) is 2. The number of amides is 2. The van der Waals surface area contributed by atoms with Crippen molar-refractivity contribution in [2.24, 2.45) is 0 Å². The van der Waals surface area contributed by atoms with Crippen molar-refractivity contribution in [2.45, 2.75) is 58.2 Å². The first-order chi connectivity index (χ1) is 16.1. The maximum Gasteiger partial charge on any atom is 0.321 e. The molecule has 0 atom stereocenters. The normalized spacial score (nSPS) is 15.4. The highest BCUT2D eigenvalue weighted by Gasteiger charge is 2.33. The number of sulfonamides is 1. The van der Waals surface area contributed by atoms with Gasteiger partial charge in [0.25, 0.3) is 0 Å². The zero-order valence-corrected chi connectivity index (χ0v) is 22.1. The molecule has 0 spiro atoms. The Morgan fingerprint density at radius 2 is 1.56 bits per heavy atom. The van der Waals surface area contributed by atoms with Crippen LogP contribution in [0.3, 0.4) is 0 Å². The second-order valence-electron chi connectivity index (χ2n) is 9.35. The standard InChI is InChI=1S/C24H42N4O5S/c1-6-32-18-16-27(17-19-33-7-2)22-10-8-20(9-11-22)25-23(29)28-14-12-21(13-15-28)26-34(30,31)24(3,4)5/h8-11,21,26H,6-7,12-19H2,1-5H3,(H,25,29). The average Bonchev–Trinajstić information content (AvgIpc) is 2.78. The van der Waals surface area contributed by atoms with Gasteiger partial charge in [-0.1, -0.05) is 0 Å². The number of carbonyl (C=O) groups is 1. The van der Waals surface area contributed by atoms with Crippen molar-refractivity contribution in [1.82, 2.24) is 9.62 Å². The fourth-order valence-electron chi connectivity index (χ4n) is 3.56. The third-order valence-corrected chi connectivity index (χ3v) is 8.07. The molecule has 9 nitrogen and oxygen atoms in total. The molecule has 1 aromatic carbocycles. The van der Waals surface area contributed by atoms with Gasteiger partial charge in [-0.15, -0.1) is 0 Å². The van der Waals surface area contributed by atoms with Crippen molar-refractivity contribution in [3.05, 3.63) is 24.3 Å². The number of benzene rings is 1. The van der Waals surface area contributed by atoms with Crippen LogP contribution in [0.1, 0.15) is 47.5 Å². The van der Waals surface area contributed by atoms with E-state index >= 15 is 0 Å². The zero-order chi connectivity index (χ0) is 25.2. The Balaban J connectivity index is 1.88. The van der Waals surface area contributed by atoms with Crippen LogP contribution in [-0.4, -0.2) is 82.7 Å². The molecule has 0 aliphatic carbocycles. The summed E-state index contributed by atoms with van der Waals surface area (Å²) in [5.41, 5.74) is 1.77. The molecule has 0 radical (unpaired) electrons. The summed E-state index contributed by atoms with van der Waals surface area (Å²) in [7, 11) is -3.40. The van der Waals surface area contributed by atoms with Crippen LogP contribution in [0.15, 0.2) is 24.3 Å². The highest BCUT2D eigenvalue weighted by Crippen LogP contribution is 2.21. The molecule has 1 fully saturated rings. The summed E-state index contributed by atoms with van der Waals surface area (Å²) in [6, 6.07) is 7.45. The monoisotopic (exact) mass is 498 g/mol. The smallest absolute Gasteiger partial charge is 0.321 e. The lowest BCUT2D eigenvalue weighted by Gasteiger charge is -2.33. The van der Waals surface area contributed by atoms with Gasteiger partial charge in [-0.25, -0.2) is 17.9 Å². The van der Waals surface area contributed by atoms with Crippen molar-refractivity contribution in [1.29, 1.82) is 0 Å². The molecule has 0 bridgehead atoms. The second kappa shape index (κ2) is 13.3. The van der Waals surface area contributed by atoms with Crippen LogP contribution >= 0.6 is 0 Å². The van der Waals surface area contributed by atoms with Crippen LogP contribution in [0, 0.1) is 0 Å². The Bertz CT molecular complexity index is 837. The van der Waals surface area contributed by atoms with Gasteiger partial charge in [0.15, 0.2) is 0 Å². The van der Waals surface area contributed by atoms with E-state index in [2.05, 4.69) is 14.9 Å². The summed E-state index contributed by atoms with van der Waals surface area (Å²) in [5.74, 6) is 0. The number of ether oxygens (including phenoxy) is 2. The quantitative estimate of drug-likeness (QED) is 0.429. The first-order valence-corrected chi connectivity index (χ1v) is 13.6. The summed E-state index contributed by atoms with van der Waals surface area (Å²) >= 11 is 0. The van der Waals surface area contributed by atoms with Crippen molar-refractivity contribution in [3.63, 3.8) is 0 Å². The molecule has 10 heteroatoms. The van der Waals surface area contributed by atoms with Gasteiger partial charge in [-0.2, -0.15) is 0 Å². The molecule has 34 heavy (non-hydrogen) atoms. The number of anilines is 2. The first-order valence-electron chi connectivity index (χ1n) is 12.2. The second-order valence-corrected chi connectivity index (χ2v) is 11.8. The molecule has 194 valence electrons. The number of carbonyl (C=O) groups excluding carboxylic acids is 1. The molecule has 0 aromatic heterocycles. The van der Waals surface area contributed by atoms with Gasteiger partial charge in [0, 0.05) is 56.8 Å². The van der Waals surface area contributed by atoms with Crippen molar-refractivity contribution >= 4 is 27.4 Å². The fourth-order valence-corrected chi connectivity index (χ4v) is 4.59. The summed E-state index contributed by atoms with van der Waals surface area (Å²) in [6.45, 7) is 14.2. The van der Waals surface area contributed by atoms with E-state index in [1.54, 1.807) is 25.7 Å². The van der Waals surface area contributed by atoms with Crippen LogP contribution in [0.4, 0.5) is 16.2 Å². The molecule has 1 saturated heterocycles. The largest absolute Gasteiger partial charge is 0.380 e. The predicted molar refractivity (Wildman–Crippen MR) is 137 cm³/mol. The molecule has 2 N–H and O–H groups in total. The summed E-state index contributed by atoms with van der Waals surface area (Å²) in [6.07, 6.45) is 1.19. The number of piperidine rings is 1. The summed E-state index contributed by atoms with van der Waals surface area (Å²) in [5, 5.41) is 2.95. The van der Waals surface area contributed by atoms with Gasteiger partial charge in [0.1, 0.15) is 0 Å². The number of urea groups is 1. The SMILES string of the molecule is CCOCCN(CCOCC)c1ccc(NC(=O)N2CCC(NS(=O)(=O)C(C)(C)C)CC2)cc1. The maximum atomic E-state index is 12.7. The van der Waals surface area contributed by atoms with Crippen molar-refractivity contribution in [2.75, 3.05) is 62.8 Å². The molecule has 1 aliphatic heterocycles. The summed E-state index contributed by atoms with van der Waals surface area (Å²) in [4.78, 5) is 16.7. The fraction of sp³-hybridized carbons (Fsp3) is 0.708. The highest BCUT2D eigenvalue weighted by atomic mass is 32.2. The molecule has 2 amide bonds. The zero-order valence-electron chi connectivity index (χ0n) is 21.3. The lowest BCUT2D eigenvalue weighted by atomic mass is 10.1. The van der Waals surface area contributed by atoms with Gasteiger partial charge < -0.3 is 24.6 Å². The lowest BCUT2D eigenvalue weighted by molar-refractivity contribution is 0.141. The molecule has 0 unspecified atom stereocenters. The van der Waals surface area contributed by atoms with E-state index in [0.29, 0.717) is 52.4 Å². The van der Waals surface area contributed by atoms with E-state index < -0.39 is 14.8 Å². The van der Waals surface area contributed by atoms with Gasteiger partial charge >= 0.3 is 6.03 Å². The van der Waals surface area contributed by atoms with Crippen LogP contribution in [-0.2, 0) is 19.5 Å². The summed E-state index contributed by atoms with van der Waals surface area (Å²) < 4.78 is 37.7. The molecular formula is C24H42N4O5S. The number of nitrogens with one attached hydrogen (secondary N) is 2. The Morgan fingerprint density at radius 3 is 2.03 bits per heavy atom. The van der Waals surface area contributed by atoms with Gasteiger partial charge in [-0.3, -0.25) is 0 Å². The van der Waals surface area contributed by atoms with Crippen LogP contribution in [0.25, 0.3) is 0 Å². The first kappa shape index (κ1) is 28.4. The Morgan fingerprint density at radius 1 is 1.03 bits per heavy atom. The Kier molecular flexibility index (Phi) is 11.1. The lowest BCUT2D eigenvalue weighted by Crippen LogP contribution is -2.50. The topological polar surface area (TPSA) is 100 Å². The number of nitrogens with zero attached hydrogens (tertiary/aromatic N) is 2. The van der Waals surface area contributed by atoms with E-state index in [4.69, 9.17) is 9.47 Å². The molecule has 0 saturated carbocycles. The third-order valence-electron chi connectivity index (χ3n) is 5.81. The van der Waals surface area contributed by atoms with E-state index in [9.17, 15) is 13.2 Å². The average molecular weight is 499 g/mol. The van der Waals surface area contributed by atoms with E-state index in [0.717, 1.165) is 24.5 Å². The number of hydrogen-bond acceptors (Lipinski definition) is 6. The molecular weight excluding hydrogens is 456 g/mol. The van der Waals surface area contributed by atoms with Crippen LogP contribution in [0.5, 0.6) is 0 Å². The Labute approximate surface area is 205 Å². The minimum atomic E-state index is -3.40. The number of rotatable bonds is 12. The molecule has 1 heterocycles. The molecule has 1 aromatic rings. The number of likely N-dealkylation sites (tertiary alicyclic amines) is 1. The minimum Gasteiger partial charge on any atom is -0.380 e. The van der Waals surface area contributed by atoms with Gasteiger partial charge in [0.2, 0.25) is 10.0 Å². The van der Waals surface area contributed by atoms with Crippen molar-refractivity contribution in [3.8, 4) is 0 Å². The minimum absolute atomic E-state index is 0.146. The molecule has 2 rings (SSSR count). The van der Waals surface area contributed by atoms with Gasteiger partial charge in [0.05, 0.1) is 18.0 Å².